The maximum absolute atomic E-state index is 10.6. The molecule has 0 unspecified atom stereocenters. The SMILES string of the molecule is N[C@@H]1C[C@]2(C(=O)O)C[C@H]12.O=C(O)C(F)(F)F. The highest BCUT2D eigenvalue weighted by Crippen LogP contribution is 2.66. The Labute approximate surface area is 88.0 Å². The lowest BCUT2D eigenvalue weighted by molar-refractivity contribution is -0.192. The Morgan fingerprint density at radius 1 is 1.25 bits per heavy atom. The number of rotatable bonds is 1. The molecule has 0 radical (unpaired) electrons. The first-order valence-electron chi connectivity index (χ1n) is 4.40. The van der Waals surface area contributed by atoms with Gasteiger partial charge >= 0.3 is 18.1 Å². The summed E-state index contributed by atoms with van der Waals surface area (Å²) in [5.74, 6) is -3.09. The van der Waals surface area contributed by atoms with Gasteiger partial charge in [0, 0.05) is 6.04 Å². The van der Waals surface area contributed by atoms with Crippen molar-refractivity contribution in [3.63, 3.8) is 0 Å². The van der Waals surface area contributed by atoms with Crippen molar-refractivity contribution in [1.29, 1.82) is 0 Å². The van der Waals surface area contributed by atoms with Crippen molar-refractivity contribution in [2.45, 2.75) is 25.1 Å². The molecule has 2 aliphatic carbocycles. The highest BCUT2D eigenvalue weighted by Gasteiger charge is 2.71. The molecule has 2 aliphatic rings. The lowest BCUT2D eigenvalue weighted by Gasteiger charge is -2.27. The number of hydrogen-bond acceptors (Lipinski definition) is 3. The number of nitrogens with two attached hydrogens (primary N) is 1. The van der Waals surface area contributed by atoms with E-state index < -0.39 is 18.1 Å². The highest BCUT2D eigenvalue weighted by molar-refractivity contribution is 5.81. The summed E-state index contributed by atoms with van der Waals surface area (Å²) in [4.78, 5) is 19.3. The molecule has 0 aromatic carbocycles. The normalized spacial score (nSPS) is 35.0. The number of aliphatic carboxylic acids is 2. The predicted molar refractivity (Wildman–Crippen MR) is 44.5 cm³/mol. The first kappa shape index (κ1) is 12.8. The second kappa shape index (κ2) is 3.62. The molecule has 0 amide bonds. The first-order valence-corrected chi connectivity index (χ1v) is 4.40. The Kier molecular flexibility index (Phi) is 2.88. The van der Waals surface area contributed by atoms with Crippen molar-refractivity contribution in [3.8, 4) is 0 Å². The Balaban J connectivity index is 0.000000168. The Morgan fingerprint density at radius 3 is 1.75 bits per heavy atom. The first-order chi connectivity index (χ1) is 7.11. The third kappa shape index (κ3) is 2.11. The van der Waals surface area contributed by atoms with Gasteiger partial charge in [-0.25, -0.2) is 4.79 Å². The minimum Gasteiger partial charge on any atom is -0.481 e. The van der Waals surface area contributed by atoms with Gasteiger partial charge in [-0.15, -0.1) is 0 Å². The molecule has 0 aliphatic heterocycles. The standard InChI is InChI=1S/C6H9NO2.C2HF3O2/c7-4-2-6(5(8)9)1-3(4)6;3-2(4,5)1(6)7/h3-4H,1-2,7H2,(H,8,9);(H,6,7)/t3-,4-,6-;/m1./s1. The monoisotopic (exact) mass is 241 g/mol. The Bertz CT molecular complexity index is 330. The van der Waals surface area contributed by atoms with Gasteiger partial charge in [0.2, 0.25) is 0 Å². The lowest BCUT2D eigenvalue weighted by atomic mass is 9.81. The molecule has 2 saturated carbocycles. The second-order valence-corrected chi connectivity index (χ2v) is 3.94. The summed E-state index contributed by atoms with van der Waals surface area (Å²) in [6, 6.07) is 0.182. The van der Waals surface area contributed by atoms with E-state index in [2.05, 4.69) is 0 Å². The van der Waals surface area contributed by atoms with Crippen LogP contribution < -0.4 is 5.73 Å². The van der Waals surface area contributed by atoms with Crippen LogP contribution in [0, 0.1) is 11.3 Å². The molecule has 0 spiro atoms. The quantitative estimate of drug-likeness (QED) is 0.618. The topological polar surface area (TPSA) is 101 Å². The van der Waals surface area contributed by atoms with Gasteiger partial charge < -0.3 is 15.9 Å². The molecule has 0 aromatic heterocycles. The van der Waals surface area contributed by atoms with Crippen LogP contribution in [-0.4, -0.2) is 34.4 Å². The molecule has 0 heterocycles. The van der Waals surface area contributed by atoms with E-state index in [1.165, 1.54) is 0 Å². The smallest absolute Gasteiger partial charge is 0.481 e. The van der Waals surface area contributed by atoms with Gasteiger partial charge in [-0.1, -0.05) is 0 Å². The van der Waals surface area contributed by atoms with E-state index in [9.17, 15) is 18.0 Å². The summed E-state index contributed by atoms with van der Waals surface area (Å²) < 4.78 is 31.7. The van der Waals surface area contributed by atoms with E-state index in [0.717, 1.165) is 6.42 Å². The van der Waals surface area contributed by atoms with Crippen molar-refractivity contribution in [2.75, 3.05) is 0 Å². The van der Waals surface area contributed by atoms with E-state index in [1.54, 1.807) is 0 Å². The van der Waals surface area contributed by atoms with Gasteiger partial charge in [-0.05, 0) is 18.8 Å². The fraction of sp³-hybridized carbons (Fsp3) is 0.750. The van der Waals surface area contributed by atoms with Gasteiger partial charge in [0.25, 0.3) is 0 Å². The fourth-order valence-electron chi connectivity index (χ4n) is 1.86. The number of halogens is 3. The van der Waals surface area contributed by atoms with E-state index in [4.69, 9.17) is 20.7 Å². The Morgan fingerprint density at radius 2 is 1.69 bits per heavy atom. The molecule has 2 rings (SSSR count). The summed E-state index contributed by atoms with van der Waals surface area (Å²) in [7, 11) is 0. The third-order valence-electron chi connectivity index (χ3n) is 2.92. The number of fused-ring (bicyclic) bond motifs is 1. The summed E-state index contributed by atoms with van der Waals surface area (Å²) in [5.41, 5.74) is 5.18. The number of carboxylic acid groups (broad SMARTS) is 2. The van der Waals surface area contributed by atoms with Gasteiger partial charge in [0.15, 0.2) is 0 Å². The van der Waals surface area contributed by atoms with E-state index in [0.29, 0.717) is 12.3 Å². The van der Waals surface area contributed by atoms with Crippen LogP contribution in [0.25, 0.3) is 0 Å². The fourth-order valence-corrected chi connectivity index (χ4v) is 1.86. The van der Waals surface area contributed by atoms with Crippen LogP contribution in [0.1, 0.15) is 12.8 Å². The molecule has 5 nitrogen and oxygen atoms in total. The maximum atomic E-state index is 10.6. The van der Waals surface area contributed by atoms with Crippen LogP contribution in [0.4, 0.5) is 13.2 Å². The zero-order chi connectivity index (χ0) is 12.7. The van der Waals surface area contributed by atoms with E-state index in [-0.39, 0.29) is 11.5 Å². The van der Waals surface area contributed by atoms with Crippen LogP contribution in [0.2, 0.25) is 0 Å². The van der Waals surface area contributed by atoms with Crippen molar-refractivity contribution < 1.29 is 33.0 Å². The minimum atomic E-state index is -5.08. The molecular weight excluding hydrogens is 231 g/mol. The Hall–Kier alpha value is -1.31. The number of alkyl halides is 3. The summed E-state index contributed by atoms with van der Waals surface area (Å²) in [6.45, 7) is 0. The molecular formula is C8H10F3NO4. The van der Waals surface area contributed by atoms with Crippen LogP contribution >= 0.6 is 0 Å². The van der Waals surface area contributed by atoms with Crippen molar-refractivity contribution >= 4 is 11.9 Å². The maximum Gasteiger partial charge on any atom is 0.490 e. The van der Waals surface area contributed by atoms with Gasteiger partial charge in [0.05, 0.1) is 5.41 Å². The number of carbonyl (C=O) groups is 2. The molecule has 0 aromatic rings. The van der Waals surface area contributed by atoms with Crippen LogP contribution in [-0.2, 0) is 9.59 Å². The molecule has 8 heteroatoms. The van der Waals surface area contributed by atoms with E-state index in [1.807, 2.05) is 0 Å². The molecule has 3 atom stereocenters. The predicted octanol–water partition coefficient (Wildman–Crippen LogP) is 0.442. The second-order valence-electron chi connectivity index (χ2n) is 3.94. The number of carboxylic acids is 2. The molecule has 2 fully saturated rings. The zero-order valence-electron chi connectivity index (χ0n) is 7.99. The summed E-state index contributed by atoms with van der Waals surface area (Å²) in [5, 5.41) is 15.7. The highest BCUT2D eigenvalue weighted by atomic mass is 19.4. The summed E-state index contributed by atoms with van der Waals surface area (Å²) in [6.07, 6.45) is -3.56. The molecule has 4 N–H and O–H groups in total. The van der Waals surface area contributed by atoms with Crippen molar-refractivity contribution in [1.82, 2.24) is 0 Å². The average Bonchev–Trinajstić information content (AvgIpc) is 2.71. The molecule has 92 valence electrons. The van der Waals surface area contributed by atoms with Crippen molar-refractivity contribution in [3.05, 3.63) is 0 Å². The number of hydrogen-bond donors (Lipinski definition) is 3. The van der Waals surface area contributed by atoms with Gasteiger partial charge in [0.1, 0.15) is 0 Å². The molecule has 0 bridgehead atoms. The van der Waals surface area contributed by atoms with Crippen LogP contribution in [0.5, 0.6) is 0 Å². The zero-order valence-corrected chi connectivity index (χ0v) is 7.99. The van der Waals surface area contributed by atoms with Gasteiger partial charge in [-0.2, -0.15) is 13.2 Å². The molecule has 0 saturated heterocycles. The van der Waals surface area contributed by atoms with Crippen molar-refractivity contribution in [2.24, 2.45) is 17.1 Å². The largest absolute Gasteiger partial charge is 0.490 e. The minimum absolute atomic E-state index is 0.182. The summed E-state index contributed by atoms with van der Waals surface area (Å²) >= 11 is 0. The third-order valence-corrected chi connectivity index (χ3v) is 2.92. The van der Waals surface area contributed by atoms with E-state index >= 15 is 0 Å². The van der Waals surface area contributed by atoms with Crippen LogP contribution in [0.15, 0.2) is 0 Å². The average molecular weight is 241 g/mol. The lowest BCUT2D eigenvalue weighted by Crippen LogP contribution is -2.42. The van der Waals surface area contributed by atoms with Crippen LogP contribution in [0.3, 0.4) is 0 Å². The molecule has 16 heavy (non-hydrogen) atoms. The van der Waals surface area contributed by atoms with Gasteiger partial charge in [-0.3, -0.25) is 4.79 Å².